The van der Waals surface area contributed by atoms with Crippen LogP contribution >= 0.6 is 11.3 Å². The van der Waals surface area contributed by atoms with Gasteiger partial charge in [0, 0.05) is 47.6 Å². The highest BCUT2D eigenvalue weighted by Crippen LogP contribution is 2.44. The van der Waals surface area contributed by atoms with Crippen LogP contribution in [-0.4, -0.2) is 15.0 Å². The first kappa shape index (κ1) is 39.6. The lowest BCUT2D eigenvalue weighted by Gasteiger charge is -2.12. The highest BCUT2D eigenvalue weighted by Gasteiger charge is 2.19. The molecule has 0 aliphatic carbocycles. The third-order valence-corrected chi connectivity index (χ3v) is 14.2. The van der Waals surface area contributed by atoms with Gasteiger partial charge in [0.15, 0.2) is 17.5 Å². The first-order valence-electron chi connectivity index (χ1n) is 22.8. The molecule has 13 aromatic rings. The van der Waals surface area contributed by atoms with Crippen molar-refractivity contribution in [2.75, 3.05) is 0 Å². The molecule has 4 nitrogen and oxygen atoms in total. The van der Waals surface area contributed by atoms with Crippen molar-refractivity contribution in [3.63, 3.8) is 0 Å². The van der Waals surface area contributed by atoms with Gasteiger partial charge in [0.25, 0.3) is 0 Å². The molecule has 0 saturated heterocycles. The summed E-state index contributed by atoms with van der Waals surface area (Å²) in [6.07, 6.45) is 0. The summed E-state index contributed by atoms with van der Waals surface area (Å²) in [5.41, 5.74) is 16.0. The minimum absolute atomic E-state index is 0.587. The molecule has 10 aromatic carbocycles. The van der Waals surface area contributed by atoms with Crippen LogP contribution in [0, 0.1) is 0 Å². The molecule has 0 atom stereocenters. The Labute approximate surface area is 397 Å². The second-order valence-corrected chi connectivity index (χ2v) is 18.1. The number of aromatic nitrogens is 3. The number of hydrogen-bond acceptors (Lipinski definition) is 5. The molecule has 3 heterocycles. The van der Waals surface area contributed by atoms with Crippen molar-refractivity contribution in [3.8, 4) is 89.8 Å². The largest absolute Gasteiger partial charge is 0.456 e. The minimum Gasteiger partial charge on any atom is -0.456 e. The zero-order valence-corrected chi connectivity index (χ0v) is 37.5. The van der Waals surface area contributed by atoms with E-state index in [9.17, 15) is 0 Å². The molecule has 13 rings (SSSR count). The monoisotopic (exact) mass is 885 g/mol. The van der Waals surface area contributed by atoms with Crippen LogP contribution in [0.4, 0.5) is 0 Å². The first-order chi connectivity index (χ1) is 33.7. The van der Waals surface area contributed by atoms with Crippen LogP contribution in [0.15, 0.2) is 241 Å². The SMILES string of the molecule is c1ccc(-c2cccc(-c3nc(-c4cccc(-c5cccc(-c6ccc(-c7cccc8c7sc7c(-c9ccccc9)cccc78)cc6)c5)c4)nc(-c4cccc5oc6ccccc6c45)n3)c2)cc1. The van der Waals surface area contributed by atoms with Gasteiger partial charge < -0.3 is 4.42 Å². The van der Waals surface area contributed by atoms with E-state index in [0.29, 0.717) is 17.5 Å². The van der Waals surface area contributed by atoms with E-state index in [-0.39, 0.29) is 0 Å². The molecule has 0 amide bonds. The molecule has 0 unspecified atom stereocenters. The molecule has 0 spiro atoms. The Balaban J connectivity index is 0.866. The smallest absolute Gasteiger partial charge is 0.164 e. The molecule has 0 aliphatic rings. The Morgan fingerprint density at radius 1 is 0.265 bits per heavy atom. The van der Waals surface area contributed by atoms with Crippen LogP contribution in [0.5, 0.6) is 0 Å². The molecule has 0 N–H and O–H groups in total. The third kappa shape index (κ3) is 7.05. The summed E-state index contributed by atoms with van der Waals surface area (Å²) in [6, 6.07) is 83.5. The van der Waals surface area contributed by atoms with Gasteiger partial charge in [-0.25, -0.2) is 15.0 Å². The molecular weight excluding hydrogens is 847 g/mol. The first-order valence-corrected chi connectivity index (χ1v) is 23.6. The second-order valence-electron chi connectivity index (χ2n) is 17.1. The summed E-state index contributed by atoms with van der Waals surface area (Å²) in [6.45, 7) is 0. The highest BCUT2D eigenvalue weighted by molar-refractivity contribution is 7.26. The average molecular weight is 886 g/mol. The summed E-state index contributed by atoms with van der Waals surface area (Å²) in [5.74, 6) is 1.78. The zero-order chi connectivity index (χ0) is 45.0. The molecule has 68 heavy (non-hydrogen) atoms. The topological polar surface area (TPSA) is 51.8 Å². The lowest BCUT2D eigenvalue weighted by molar-refractivity contribution is 0.669. The standard InChI is InChI=1S/C63H39N3OS/c1-3-15-40(16-4-1)45-20-10-23-48(38-45)61-64-62(66-63(65-61)55-30-14-32-57-58(55)54-25-7-8-31-56(54)67-57)49-24-11-22-47(39-49)46-21-9-19-44(37-46)41-33-35-43(36-34-41)51-27-13-29-53-52-28-12-26-50(59(52)68-60(51)53)42-17-5-2-6-18-42/h1-39H. The summed E-state index contributed by atoms with van der Waals surface area (Å²) in [4.78, 5) is 15.6. The van der Waals surface area contributed by atoms with Gasteiger partial charge in [-0.3, -0.25) is 0 Å². The van der Waals surface area contributed by atoms with Crippen molar-refractivity contribution in [1.29, 1.82) is 0 Å². The van der Waals surface area contributed by atoms with Crippen molar-refractivity contribution in [2.45, 2.75) is 0 Å². The van der Waals surface area contributed by atoms with Crippen LogP contribution < -0.4 is 0 Å². The van der Waals surface area contributed by atoms with Gasteiger partial charge in [0.2, 0.25) is 0 Å². The second kappa shape index (κ2) is 16.6. The lowest BCUT2D eigenvalue weighted by Crippen LogP contribution is -2.00. The summed E-state index contributed by atoms with van der Waals surface area (Å²) < 4.78 is 8.95. The number of thiophene rings is 1. The van der Waals surface area contributed by atoms with Crippen molar-refractivity contribution >= 4 is 53.4 Å². The summed E-state index contributed by atoms with van der Waals surface area (Å²) >= 11 is 1.89. The lowest BCUT2D eigenvalue weighted by atomic mass is 9.96. The van der Waals surface area contributed by atoms with Gasteiger partial charge in [-0.05, 0) is 86.0 Å². The Morgan fingerprint density at radius 3 is 1.26 bits per heavy atom. The zero-order valence-electron chi connectivity index (χ0n) is 36.7. The quantitative estimate of drug-likeness (QED) is 0.153. The predicted octanol–water partition coefficient (Wildman–Crippen LogP) is 17.5. The number of benzene rings is 10. The van der Waals surface area contributed by atoms with Gasteiger partial charge in [-0.15, -0.1) is 11.3 Å². The molecule has 0 saturated carbocycles. The van der Waals surface area contributed by atoms with E-state index in [2.05, 4.69) is 200 Å². The van der Waals surface area contributed by atoms with Crippen LogP contribution in [-0.2, 0) is 0 Å². The van der Waals surface area contributed by atoms with Gasteiger partial charge in [0.05, 0.1) is 0 Å². The van der Waals surface area contributed by atoms with Crippen LogP contribution in [0.2, 0.25) is 0 Å². The fourth-order valence-corrected chi connectivity index (χ4v) is 11.0. The number of fused-ring (bicyclic) bond motifs is 6. The van der Waals surface area contributed by atoms with Crippen molar-refractivity contribution < 1.29 is 4.42 Å². The van der Waals surface area contributed by atoms with Gasteiger partial charge in [0.1, 0.15) is 11.2 Å². The highest BCUT2D eigenvalue weighted by atomic mass is 32.1. The van der Waals surface area contributed by atoms with Crippen molar-refractivity contribution in [1.82, 2.24) is 15.0 Å². The maximum absolute atomic E-state index is 6.31. The summed E-state index contributed by atoms with van der Waals surface area (Å²) in [7, 11) is 0. The van der Waals surface area contributed by atoms with E-state index in [0.717, 1.165) is 72.0 Å². The van der Waals surface area contributed by atoms with Gasteiger partial charge in [-0.2, -0.15) is 0 Å². The Morgan fingerprint density at radius 2 is 0.647 bits per heavy atom. The molecule has 0 fully saturated rings. The number of furan rings is 1. The van der Waals surface area contributed by atoms with Crippen molar-refractivity contribution in [2.24, 2.45) is 0 Å². The fourth-order valence-electron chi connectivity index (χ4n) is 9.63. The van der Waals surface area contributed by atoms with Crippen LogP contribution in [0.25, 0.3) is 132 Å². The van der Waals surface area contributed by atoms with E-state index in [1.165, 1.54) is 42.4 Å². The van der Waals surface area contributed by atoms with Crippen LogP contribution in [0.3, 0.4) is 0 Å². The van der Waals surface area contributed by atoms with Crippen LogP contribution in [0.1, 0.15) is 0 Å². The maximum Gasteiger partial charge on any atom is 0.164 e. The molecule has 0 aliphatic heterocycles. The minimum atomic E-state index is 0.587. The number of nitrogens with zero attached hydrogens (tertiary/aromatic N) is 3. The Bertz CT molecular complexity index is 4020. The number of hydrogen-bond donors (Lipinski definition) is 0. The van der Waals surface area contributed by atoms with E-state index in [1.54, 1.807) is 0 Å². The number of para-hydroxylation sites is 1. The predicted molar refractivity (Wildman–Crippen MR) is 283 cm³/mol. The average Bonchev–Trinajstić information content (AvgIpc) is 4.01. The van der Waals surface area contributed by atoms with E-state index < -0.39 is 0 Å². The number of rotatable bonds is 8. The van der Waals surface area contributed by atoms with E-state index >= 15 is 0 Å². The van der Waals surface area contributed by atoms with Crippen molar-refractivity contribution in [3.05, 3.63) is 237 Å². The van der Waals surface area contributed by atoms with E-state index in [4.69, 9.17) is 19.4 Å². The molecule has 318 valence electrons. The molecular formula is C63H39N3OS. The molecule has 0 radical (unpaired) electrons. The van der Waals surface area contributed by atoms with Gasteiger partial charge in [-0.1, -0.05) is 206 Å². The fraction of sp³-hybridized carbons (Fsp3) is 0. The van der Waals surface area contributed by atoms with E-state index in [1.807, 2.05) is 47.7 Å². The normalized spacial score (nSPS) is 11.5. The molecule has 0 bridgehead atoms. The molecule has 5 heteroatoms. The Hall–Kier alpha value is -8.77. The maximum atomic E-state index is 6.31. The Kier molecular flexibility index (Phi) is 9.66. The molecule has 3 aromatic heterocycles. The third-order valence-electron chi connectivity index (χ3n) is 13.0. The van der Waals surface area contributed by atoms with Gasteiger partial charge >= 0.3 is 0 Å². The summed E-state index contributed by atoms with van der Waals surface area (Å²) in [5, 5.41) is 4.61.